The molecule has 1 amide bonds. The number of ether oxygens (including phenoxy) is 1. The van der Waals surface area contributed by atoms with E-state index in [1.165, 1.54) is 0 Å². The summed E-state index contributed by atoms with van der Waals surface area (Å²) in [6, 6.07) is 5.36. The molecule has 5 heteroatoms. The molecule has 0 spiro atoms. The fraction of sp³-hybridized carbons (Fsp3) is 0.429. The Bertz CT molecular complexity index is 537. The summed E-state index contributed by atoms with van der Waals surface area (Å²) < 4.78 is 5.21. The molecule has 0 N–H and O–H groups in total. The zero-order valence-corrected chi connectivity index (χ0v) is 11.2. The second-order valence-corrected chi connectivity index (χ2v) is 5.39. The molecule has 0 aliphatic carbocycles. The fourth-order valence-corrected chi connectivity index (χ4v) is 2.74. The molecule has 1 aromatic carbocycles. The van der Waals surface area contributed by atoms with E-state index in [1.54, 1.807) is 17.0 Å². The van der Waals surface area contributed by atoms with Crippen molar-refractivity contribution in [2.75, 3.05) is 24.7 Å². The number of halogens is 1. The first-order chi connectivity index (χ1) is 9.15. The first-order valence-corrected chi connectivity index (χ1v) is 6.72. The standard InChI is InChI=1S/C14H14ClNO3/c15-11-2-1-9-5-14(18)16(12(9)6-11)7-13(17)10-3-4-19-8-10/h1-2,6,10H,3-5,7-8H2. The van der Waals surface area contributed by atoms with Gasteiger partial charge < -0.3 is 9.64 Å². The summed E-state index contributed by atoms with van der Waals surface area (Å²) in [5.74, 6) is -0.0424. The van der Waals surface area contributed by atoms with Crippen LogP contribution in [0.5, 0.6) is 0 Å². The number of hydrogen-bond donors (Lipinski definition) is 0. The van der Waals surface area contributed by atoms with Crippen LogP contribution in [-0.2, 0) is 20.7 Å². The number of fused-ring (bicyclic) bond motifs is 1. The Kier molecular flexibility index (Phi) is 3.29. The Labute approximate surface area is 116 Å². The molecule has 1 saturated heterocycles. The minimum Gasteiger partial charge on any atom is -0.381 e. The van der Waals surface area contributed by atoms with Crippen LogP contribution in [0.2, 0.25) is 5.02 Å². The van der Waals surface area contributed by atoms with Gasteiger partial charge in [-0.05, 0) is 24.1 Å². The van der Waals surface area contributed by atoms with Crippen molar-refractivity contribution < 1.29 is 14.3 Å². The van der Waals surface area contributed by atoms with E-state index in [4.69, 9.17) is 16.3 Å². The van der Waals surface area contributed by atoms with Gasteiger partial charge in [0.05, 0.1) is 19.6 Å². The smallest absolute Gasteiger partial charge is 0.231 e. The Balaban J connectivity index is 1.80. The van der Waals surface area contributed by atoms with Gasteiger partial charge in [-0.15, -0.1) is 0 Å². The number of anilines is 1. The third-order valence-electron chi connectivity index (χ3n) is 3.68. The van der Waals surface area contributed by atoms with Crippen molar-refractivity contribution in [3.05, 3.63) is 28.8 Å². The Hall–Kier alpha value is -1.39. The van der Waals surface area contributed by atoms with Crippen LogP contribution in [0.4, 0.5) is 5.69 Å². The van der Waals surface area contributed by atoms with Crippen molar-refractivity contribution in [3.8, 4) is 0 Å². The van der Waals surface area contributed by atoms with E-state index < -0.39 is 0 Å². The lowest BCUT2D eigenvalue weighted by Crippen LogP contribution is -2.35. The highest BCUT2D eigenvalue weighted by Crippen LogP contribution is 2.31. The lowest BCUT2D eigenvalue weighted by atomic mass is 10.0. The molecule has 19 heavy (non-hydrogen) atoms. The van der Waals surface area contributed by atoms with Gasteiger partial charge in [-0.1, -0.05) is 17.7 Å². The second-order valence-electron chi connectivity index (χ2n) is 4.96. The minimum absolute atomic E-state index is 0.0375. The van der Waals surface area contributed by atoms with Gasteiger partial charge in [0.25, 0.3) is 0 Å². The van der Waals surface area contributed by atoms with Gasteiger partial charge in [0.1, 0.15) is 0 Å². The molecule has 4 nitrogen and oxygen atoms in total. The Morgan fingerprint density at radius 2 is 2.32 bits per heavy atom. The zero-order valence-electron chi connectivity index (χ0n) is 10.4. The summed E-state index contributed by atoms with van der Waals surface area (Å²) in [5, 5.41) is 0.579. The number of amides is 1. The second kappa shape index (κ2) is 4.94. The molecule has 1 atom stereocenters. The average Bonchev–Trinajstić information content (AvgIpc) is 2.99. The molecular formula is C14H14ClNO3. The average molecular weight is 280 g/mol. The molecule has 1 unspecified atom stereocenters. The highest BCUT2D eigenvalue weighted by atomic mass is 35.5. The van der Waals surface area contributed by atoms with Gasteiger partial charge in [0.2, 0.25) is 5.91 Å². The highest BCUT2D eigenvalue weighted by Gasteiger charge is 2.32. The summed E-state index contributed by atoms with van der Waals surface area (Å²) in [5.41, 5.74) is 1.70. The van der Waals surface area contributed by atoms with Crippen molar-refractivity contribution >= 4 is 29.0 Å². The molecule has 100 valence electrons. The van der Waals surface area contributed by atoms with Gasteiger partial charge in [-0.25, -0.2) is 0 Å². The van der Waals surface area contributed by atoms with Gasteiger partial charge in [0.15, 0.2) is 5.78 Å². The third-order valence-corrected chi connectivity index (χ3v) is 3.91. The third kappa shape index (κ3) is 2.38. The lowest BCUT2D eigenvalue weighted by molar-refractivity contribution is -0.124. The largest absolute Gasteiger partial charge is 0.381 e. The van der Waals surface area contributed by atoms with Gasteiger partial charge in [-0.2, -0.15) is 0 Å². The zero-order chi connectivity index (χ0) is 13.4. The van der Waals surface area contributed by atoms with Crippen LogP contribution in [0.1, 0.15) is 12.0 Å². The van der Waals surface area contributed by atoms with Crippen molar-refractivity contribution in [3.63, 3.8) is 0 Å². The topological polar surface area (TPSA) is 46.6 Å². The van der Waals surface area contributed by atoms with Gasteiger partial charge in [0, 0.05) is 23.2 Å². The van der Waals surface area contributed by atoms with Crippen LogP contribution < -0.4 is 4.90 Å². The first kappa shape index (κ1) is 12.6. The number of carbonyl (C=O) groups is 2. The van der Waals surface area contributed by atoms with Crippen LogP contribution in [0.25, 0.3) is 0 Å². The van der Waals surface area contributed by atoms with Gasteiger partial charge >= 0.3 is 0 Å². The Morgan fingerprint density at radius 3 is 3.05 bits per heavy atom. The van der Waals surface area contributed by atoms with Crippen molar-refractivity contribution in [2.24, 2.45) is 5.92 Å². The number of benzene rings is 1. The van der Waals surface area contributed by atoms with E-state index in [0.29, 0.717) is 24.7 Å². The van der Waals surface area contributed by atoms with Crippen molar-refractivity contribution in [2.45, 2.75) is 12.8 Å². The van der Waals surface area contributed by atoms with Crippen molar-refractivity contribution in [1.82, 2.24) is 0 Å². The van der Waals surface area contributed by atoms with E-state index in [1.807, 2.05) is 6.07 Å². The fourth-order valence-electron chi connectivity index (χ4n) is 2.58. The SMILES string of the molecule is O=C(CN1C(=O)Cc2ccc(Cl)cc21)C1CCOC1. The molecule has 1 fully saturated rings. The molecule has 0 saturated carbocycles. The van der Waals surface area contributed by atoms with Crippen LogP contribution in [0, 0.1) is 5.92 Å². The quantitative estimate of drug-likeness (QED) is 0.848. The van der Waals surface area contributed by atoms with Crippen molar-refractivity contribution in [1.29, 1.82) is 0 Å². The molecule has 3 rings (SSSR count). The number of rotatable bonds is 3. The maximum absolute atomic E-state index is 12.1. The number of nitrogens with zero attached hydrogens (tertiary/aromatic N) is 1. The predicted octanol–water partition coefficient (Wildman–Crippen LogP) is 1.83. The van der Waals surface area contributed by atoms with E-state index in [0.717, 1.165) is 17.7 Å². The maximum Gasteiger partial charge on any atom is 0.231 e. The molecular weight excluding hydrogens is 266 g/mol. The monoisotopic (exact) mass is 279 g/mol. The number of carbonyl (C=O) groups excluding carboxylic acids is 2. The van der Waals surface area contributed by atoms with Crippen LogP contribution in [0.3, 0.4) is 0 Å². The maximum atomic E-state index is 12.1. The Morgan fingerprint density at radius 1 is 1.47 bits per heavy atom. The number of ketones is 1. The number of Topliss-reactive ketones (excluding diaryl/α,β-unsaturated/α-hetero) is 1. The molecule has 0 bridgehead atoms. The van der Waals surface area contributed by atoms with E-state index in [9.17, 15) is 9.59 Å². The first-order valence-electron chi connectivity index (χ1n) is 6.34. The lowest BCUT2D eigenvalue weighted by Gasteiger charge is -2.18. The molecule has 2 heterocycles. The molecule has 1 aromatic rings. The van der Waals surface area contributed by atoms with E-state index in [-0.39, 0.29) is 24.2 Å². The predicted molar refractivity (Wildman–Crippen MR) is 71.4 cm³/mol. The van der Waals surface area contributed by atoms with Gasteiger partial charge in [-0.3, -0.25) is 9.59 Å². The van der Waals surface area contributed by atoms with E-state index in [2.05, 4.69) is 0 Å². The summed E-state index contributed by atoms with van der Waals surface area (Å²) in [4.78, 5) is 25.7. The summed E-state index contributed by atoms with van der Waals surface area (Å²) in [6.07, 6.45) is 1.10. The van der Waals surface area contributed by atoms with Crippen LogP contribution in [-0.4, -0.2) is 31.4 Å². The van der Waals surface area contributed by atoms with Crippen LogP contribution in [0.15, 0.2) is 18.2 Å². The molecule has 2 aliphatic rings. The number of hydrogen-bond acceptors (Lipinski definition) is 3. The minimum atomic E-state index is -0.0731. The summed E-state index contributed by atoms with van der Waals surface area (Å²) in [6.45, 7) is 1.23. The summed E-state index contributed by atoms with van der Waals surface area (Å²) in [7, 11) is 0. The normalized spacial score (nSPS) is 21.8. The van der Waals surface area contributed by atoms with E-state index >= 15 is 0 Å². The summed E-state index contributed by atoms with van der Waals surface area (Å²) >= 11 is 5.96. The molecule has 2 aliphatic heterocycles. The van der Waals surface area contributed by atoms with Crippen LogP contribution >= 0.6 is 11.6 Å². The highest BCUT2D eigenvalue weighted by molar-refractivity contribution is 6.31. The molecule has 0 aromatic heterocycles. The molecule has 0 radical (unpaired) electrons.